The van der Waals surface area contributed by atoms with Gasteiger partial charge in [-0.25, -0.2) is 0 Å². The number of rotatable bonds is 11. The summed E-state index contributed by atoms with van der Waals surface area (Å²) < 4.78 is 49.1. The van der Waals surface area contributed by atoms with Crippen molar-refractivity contribution in [2.24, 2.45) is 11.7 Å². The molecule has 0 spiro atoms. The molecule has 0 aliphatic rings. The fourth-order valence-electron chi connectivity index (χ4n) is 3.94. The average molecular weight is 583 g/mol. The van der Waals surface area contributed by atoms with Gasteiger partial charge in [0.15, 0.2) is 12.4 Å². The second-order valence-electron chi connectivity index (χ2n) is 10.3. The molecule has 0 amide bonds. The van der Waals surface area contributed by atoms with Gasteiger partial charge >= 0.3 is 6.18 Å². The average Bonchev–Trinajstić information content (AvgIpc) is 3.48. The standard InChI is InChI=1S/C27H25F3N2O3.C5H12N2/c1-3-4-5-17(2)26-31-25(32-35-26)21-7-6-20-15-23(13-10-19(20)14-21)34-16-24(33)18-8-11-22(12-9-18)27(28,29)30;1-3-4(2)5(6)7/h6-15,17H,3-5,16H2,1-2H3;4H,3H2,1-2H3,(H3,6,7). The Kier molecular flexibility index (Phi) is 11.2. The van der Waals surface area contributed by atoms with Gasteiger partial charge in [0, 0.05) is 23.0 Å². The summed E-state index contributed by atoms with van der Waals surface area (Å²) in [6.45, 7) is 7.91. The molecule has 10 heteroatoms. The number of Topliss-reactive ketones (excluding diaryl/α,β-unsaturated/α-hetero) is 1. The highest BCUT2D eigenvalue weighted by Gasteiger charge is 2.30. The molecular formula is C32H37F3N4O3. The van der Waals surface area contributed by atoms with Gasteiger partial charge in [-0.05, 0) is 53.9 Å². The van der Waals surface area contributed by atoms with Gasteiger partial charge in [-0.2, -0.15) is 18.2 Å². The zero-order chi connectivity index (χ0) is 30.9. The van der Waals surface area contributed by atoms with E-state index in [4.69, 9.17) is 20.4 Å². The van der Waals surface area contributed by atoms with E-state index in [1.165, 1.54) is 0 Å². The highest BCUT2D eigenvalue weighted by molar-refractivity contribution is 5.97. The number of amidine groups is 1. The van der Waals surface area contributed by atoms with Crippen LogP contribution in [0.25, 0.3) is 22.2 Å². The molecule has 42 heavy (non-hydrogen) atoms. The molecule has 0 saturated heterocycles. The van der Waals surface area contributed by atoms with Crippen LogP contribution >= 0.6 is 0 Å². The number of carbonyl (C=O) groups is 1. The van der Waals surface area contributed by atoms with Crippen LogP contribution in [-0.2, 0) is 6.18 Å². The van der Waals surface area contributed by atoms with Gasteiger partial charge in [0.25, 0.3) is 0 Å². The normalized spacial score (nSPS) is 12.7. The summed E-state index contributed by atoms with van der Waals surface area (Å²) in [6.07, 6.45) is -0.252. The lowest BCUT2D eigenvalue weighted by molar-refractivity contribution is -0.137. The van der Waals surface area contributed by atoms with Crippen LogP contribution in [0.2, 0.25) is 0 Å². The SMILES string of the molecule is CCC(C)C(=N)N.CCCCC(C)c1nc(-c2ccc3cc(OCC(=O)c4ccc(C(F)(F)F)cc4)ccc3c2)no1. The van der Waals surface area contributed by atoms with Crippen LogP contribution in [0.5, 0.6) is 5.75 Å². The first kappa shape index (κ1) is 32.3. The van der Waals surface area contributed by atoms with E-state index >= 15 is 0 Å². The molecule has 7 nitrogen and oxygen atoms in total. The topological polar surface area (TPSA) is 115 Å². The largest absolute Gasteiger partial charge is 0.485 e. The van der Waals surface area contributed by atoms with Crippen molar-refractivity contribution in [1.29, 1.82) is 5.41 Å². The third-order valence-electron chi connectivity index (χ3n) is 6.97. The number of nitrogens with zero attached hydrogens (tertiary/aromatic N) is 2. The number of nitrogens with one attached hydrogen (secondary N) is 1. The molecule has 224 valence electrons. The molecule has 3 N–H and O–H groups in total. The number of ketones is 1. The predicted molar refractivity (Wildman–Crippen MR) is 158 cm³/mol. The van der Waals surface area contributed by atoms with E-state index < -0.39 is 17.5 Å². The van der Waals surface area contributed by atoms with Crippen LogP contribution < -0.4 is 10.5 Å². The number of benzene rings is 3. The Labute approximate surface area is 243 Å². The van der Waals surface area contributed by atoms with Crippen LogP contribution in [0.15, 0.2) is 65.2 Å². The molecule has 0 aliphatic heterocycles. The van der Waals surface area contributed by atoms with Gasteiger partial charge in [0.05, 0.1) is 11.4 Å². The first-order chi connectivity index (χ1) is 19.9. The number of carbonyl (C=O) groups excluding carboxylic acids is 1. The number of aromatic nitrogens is 2. The lowest BCUT2D eigenvalue weighted by Crippen LogP contribution is -2.18. The minimum Gasteiger partial charge on any atom is -0.485 e. The third-order valence-corrected chi connectivity index (χ3v) is 6.97. The van der Waals surface area contributed by atoms with E-state index in [9.17, 15) is 18.0 Å². The van der Waals surface area contributed by atoms with Crippen molar-refractivity contribution in [2.75, 3.05) is 6.61 Å². The van der Waals surface area contributed by atoms with Gasteiger partial charge < -0.3 is 15.0 Å². The van der Waals surface area contributed by atoms with Crippen LogP contribution in [-0.4, -0.2) is 28.4 Å². The van der Waals surface area contributed by atoms with Gasteiger partial charge in [-0.3, -0.25) is 10.2 Å². The van der Waals surface area contributed by atoms with Gasteiger partial charge in [-0.15, -0.1) is 0 Å². The number of hydrogen-bond acceptors (Lipinski definition) is 6. The fourth-order valence-corrected chi connectivity index (χ4v) is 3.94. The highest BCUT2D eigenvalue weighted by Crippen LogP contribution is 2.30. The predicted octanol–water partition coefficient (Wildman–Crippen LogP) is 8.43. The highest BCUT2D eigenvalue weighted by atomic mass is 19.4. The van der Waals surface area contributed by atoms with E-state index in [2.05, 4.69) is 24.0 Å². The van der Waals surface area contributed by atoms with Crippen molar-refractivity contribution < 1.29 is 27.2 Å². The maximum Gasteiger partial charge on any atom is 0.416 e. The molecule has 1 aromatic heterocycles. The van der Waals surface area contributed by atoms with Crippen LogP contribution in [0, 0.1) is 11.3 Å². The Morgan fingerprint density at radius 2 is 1.69 bits per heavy atom. The first-order valence-corrected chi connectivity index (χ1v) is 14.0. The Morgan fingerprint density at radius 1 is 1.02 bits per heavy atom. The summed E-state index contributed by atoms with van der Waals surface area (Å²) in [5.41, 5.74) is 5.32. The number of ether oxygens (including phenoxy) is 1. The molecule has 4 aromatic rings. The summed E-state index contributed by atoms with van der Waals surface area (Å²) >= 11 is 0. The zero-order valence-electron chi connectivity index (χ0n) is 24.3. The molecular weight excluding hydrogens is 545 g/mol. The van der Waals surface area contributed by atoms with Crippen LogP contribution in [0.1, 0.15) is 81.1 Å². The summed E-state index contributed by atoms with van der Waals surface area (Å²) in [7, 11) is 0. The monoisotopic (exact) mass is 582 g/mol. The summed E-state index contributed by atoms with van der Waals surface area (Å²) in [6, 6.07) is 15.2. The van der Waals surface area contributed by atoms with E-state index in [-0.39, 0.29) is 24.0 Å². The molecule has 0 radical (unpaired) electrons. The second-order valence-corrected chi connectivity index (χ2v) is 10.3. The van der Waals surface area contributed by atoms with Gasteiger partial charge in [-0.1, -0.05) is 76.0 Å². The Bertz CT molecular complexity index is 1480. The quantitative estimate of drug-likeness (QED) is 0.104. The van der Waals surface area contributed by atoms with E-state index in [1.807, 2.05) is 38.1 Å². The Morgan fingerprint density at radius 3 is 2.29 bits per heavy atom. The lowest BCUT2D eigenvalue weighted by Gasteiger charge is -2.09. The fraction of sp³-hybridized carbons (Fsp3) is 0.375. The molecule has 0 saturated carbocycles. The number of alkyl halides is 3. The van der Waals surface area contributed by atoms with Crippen molar-refractivity contribution in [2.45, 2.75) is 65.5 Å². The van der Waals surface area contributed by atoms with Crippen molar-refractivity contribution in [3.63, 3.8) is 0 Å². The first-order valence-electron chi connectivity index (χ1n) is 14.0. The summed E-state index contributed by atoms with van der Waals surface area (Å²) in [5, 5.41) is 12.8. The molecule has 1 heterocycles. The molecule has 2 atom stereocenters. The molecule has 0 bridgehead atoms. The number of nitrogens with two attached hydrogens (primary N) is 1. The Balaban J connectivity index is 0.000000616. The number of halogens is 3. The molecule has 0 aliphatic carbocycles. The van der Waals surface area contributed by atoms with E-state index in [0.29, 0.717) is 23.3 Å². The van der Waals surface area contributed by atoms with Gasteiger partial charge in [0.1, 0.15) is 5.75 Å². The molecule has 2 unspecified atom stereocenters. The number of unbranched alkanes of at least 4 members (excludes halogenated alkanes) is 1. The van der Waals surface area contributed by atoms with Crippen molar-refractivity contribution in [3.8, 4) is 17.1 Å². The van der Waals surface area contributed by atoms with Crippen molar-refractivity contribution >= 4 is 22.4 Å². The maximum atomic E-state index is 12.7. The van der Waals surface area contributed by atoms with Gasteiger partial charge in [0.2, 0.25) is 11.7 Å². The third kappa shape index (κ3) is 8.89. The molecule has 3 aromatic carbocycles. The van der Waals surface area contributed by atoms with E-state index in [0.717, 1.165) is 66.3 Å². The minimum atomic E-state index is -4.44. The molecule has 4 rings (SSSR count). The lowest BCUT2D eigenvalue weighted by atomic mass is 10.0. The summed E-state index contributed by atoms with van der Waals surface area (Å²) in [4.78, 5) is 16.9. The molecule has 0 fully saturated rings. The smallest absolute Gasteiger partial charge is 0.416 e. The zero-order valence-corrected chi connectivity index (χ0v) is 24.3. The minimum absolute atomic E-state index is 0.159. The number of hydrogen-bond donors (Lipinski definition) is 2. The van der Waals surface area contributed by atoms with Crippen molar-refractivity contribution in [3.05, 3.63) is 77.7 Å². The van der Waals surface area contributed by atoms with E-state index in [1.54, 1.807) is 12.1 Å². The maximum absolute atomic E-state index is 12.7. The van der Waals surface area contributed by atoms with Crippen molar-refractivity contribution in [1.82, 2.24) is 10.1 Å². The van der Waals surface area contributed by atoms with Crippen LogP contribution in [0.3, 0.4) is 0 Å². The summed E-state index contributed by atoms with van der Waals surface area (Å²) in [5.74, 6) is 2.01. The number of fused-ring (bicyclic) bond motifs is 1. The van der Waals surface area contributed by atoms with Crippen LogP contribution in [0.4, 0.5) is 13.2 Å². The second kappa shape index (κ2) is 14.6. The Hall–Kier alpha value is -4.21.